The molecule has 0 amide bonds. The van der Waals surface area contributed by atoms with Crippen LogP contribution in [0.15, 0.2) is 6.07 Å². The summed E-state index contributed by atoms with van der Waals surface area (Å²) in [4.78, 5) is 14.3. The van der Waals surface area contributed by atoms with Crippen molar-refractivity contribution in [3.63, 3.8) is 0 Å². The molecule has 0 aromatic carbocycles. The van der Waals surface area contributed by atoms with Crippen molar-refractivity contribution in [1.29, 1.82) is 0 Å². The van der Waals surface area contributed by atoms with E-state index in [1.54, 1.807) is 11.3 Å². The molecule has 2 rings (SSSR count). The summed E-state index contributed by atoms with van der Waals surface area (Å²) in [7, 11) is 0. The number of hydrogen-bond acceptors (Lipinski definition) is 5. The van der Waals surface area contributed by atoms with Crippen molar-refractivity contribution in [2.75, 3.05) is 29.9 Å². The molecule has 0 bridgehead atoms. The zero-order valence-electron chi connectivity index (χ0n) is 13.6. The molecule has 4 nitrogen and oxygen atoms in total. The fourth-order valence-electron chi connectivity index (χ4n) is 2.47. The third-order valence-corrected chi connectivity index (χ3v) is 4.57. The van der Waals surface area contributed by atoms with Gasteiger partial charge in [-0.3, -0.25) is 0 Å². The van der Waals surface area contributed by atoms with Crippen molar-refractivity contribution >= 4 is 33.3 Å². The maximum atomic E-state index is 4.79. The molecule has 0 atom stereocenters. The topological polar surface area (TPSA) is 41.1 Å². The number of nitrogens with zero attached hydrogens (tertiary/aromatic N) is 3. The number of anilines is 2. The third-order valence-electron chi connectivity index (χ3n) is 3.39. The van der Waals surface area contributed by atoms with Crippen molar-refractivity contribution in [2.24, 2.45) is 0 Å². The number of nitrogens with one attached hydrogen (secondary N) is 1. The minimum atomic E-state index is 0.752. The van der Waals surface area contributed by atoms with Crippen molar-refractivity contribution in [2.45, 2.75) is 47.0 Å². The van der Waals surface area contributed by atoms with Gasteiger partial charge in [-0.05, 0) is 32.3 Å². The first-order chi connectivity index (χ1) is 10.2. The van der Waals surface area contributed by atoms with E-state index in [0.29, 0.717) is 0 Å². The Kier molecular flexibility index (Phi) is 5.79. The summed E-state index contributed by atoms with van der Waals surface area (Å²) in [5, 5.41) is 4.47. The molecule has 0 saturated heterocycles. The van der Waals surface area contributed by atoms with Gasteiger partial charge in [0, 0.05) is 24.5 Å². The van der Waals surface area contributed by atoms with Crippen molar-refractivity contribution in [3.8, 4) is 0 Å². The van der Waals surface area contributed by atoms with E-state index < -0.39 is 0 Å². The van der Waals surface area contributed by atoms with Crippen LogP contribution in [0.1, 0.15) is 45.4 Å². The first-order valence-electron chi connectivity index (χ1n) is 8.02. The van der Waals surface area contributed by atoms with E-state index in [2.05, 4.69) is 49.0 Å². The molecule has 0 saturated carbocycles. The molecule has 0 aliphatic heterocycles. The zero-order chi connectivity index (χ0) is 15.2. The van der Waals surface area contributed by atoms with Gasteiger partial charge in [0.25, 0.3) is 0 Å². The Morgan fingerprint density at radius 3 is 2.38 bits per heavy atom. The Hall–Kier alpha value is -1.36. The van der Waals surface area contributed by atoms with E-state index in [0.717, 1.165) is 55.5 Å². The highest BCUT2D eigenvalue weighted by Crippen LogP contribution is 2.32. The highest BCUT2D eigenvalue weighted by atomic mass is 32.1. The summed E-state index contributed by atoms with van der Waals surface area (Å²) in [5.41, 5.74) is 0. The maximum absolute atomic E-state index is 4.79. The van der Waals surface area contributed by atoms with Crippen LogP contribution in [-0.4, -0.2) is 29.6 Å². The number of fused-ring (bicyclic) bond motifs is 1. The van der Waals surface area contributed by atoms with Gasteiger partial charge in [0.1, 0.15) is 10.6 Å². The van der Waals surface area contributed by atoms with Crippen LogP contribution in [0.5, 0.6) is 0 Å². The van der Waals surface area contributed by atoms with Gasteiger partial charge < -0.3 is 10.2 Å². The van der Waals surface area contributed by atoms with Crippen molar-refractivity contribution in [3.05, 3.63) is 10.9 Å². The zero-order valence-corrected chi connectivity index (χ0v) is 14.4. The predicted molar refractivity (Wildman–Crippen MR) is 93.8 cm³/mol. The molecular formula is C16H26N4S. The number of rotatable bonds is 8. The molecule has 116 valence electrons. The SMILES string of the molecule is CCCN(CCC)c1nc(NCC)nc2sc(CC)cc12. The summed E-state index contributed by atoms with van der Waals surface area (Å²) in [6.45, 7) is 11.6. The summed E-state index contributed by atoms with van der Waals surface area (Å²) >= 11 is 1.79. The molecule has 2 aromatic rings. The van der Waals surface area contributed by atoms with Crippen LogP contribution in [-0.2, 0) is 6.42 Å². The summed E-state index contributed by atoms with van der Waals surface area (Å²) in [5.74, 6) is 1.84. The molecule has 0 fully saturated rings. The average Bonchev–Trinajstić information content (AvgIpc) is 2.89. The van der Waals surface area contributed by atoms with E-state index in [4.69, 9.17) is 4.98 Å². The Morgan fingerprint density at radius 2 is 1.81 bits per heavy atom. The first kappa shape index (κ1) is 16.0. The molecule has 0 spiro atoms. The molecule has 5 heteroatoms. The van der Waals surface area contributed by atoms with Crippen molar-refractivity contribution < 1.29 is 0 Å². The second-order valence-corrected chi connectivity index (χ2v) is 6.29. The molecule has 2 heterocycles. The van der Waals surface area contributed by atoms with E-state index in [1.165, 1.54) is 10.3 Å². The minimum absolute atomic E-state index is 0.752. The van der Waals surface area contributed by atoms with Crippen LogP contribution in [0.3, 0.4) is 0 Å². The van der Waals surface area contributed by atoms with Crippen LogP contribution in [0.4, 0.5) is 11.8 Å². The van der Waals surface area contributed by atoms with Gasteiger partial charge >= 0.3 is 0 Å². The lowest BCUT2D eigenvalue weighted by Crippen LogP contribution is -2.26. The van der Waals surface area contributed by atoms with Crippen LogP contribution >= 0.6 is 11.3 Å². The van der Waals surface area contributed by atoms with Gasteiger partial charge in [0.2, 0.25) is 5.95 Å². The van der Waals surface area contributed by atoms with Crippen LogP contribution in [0, 0.1) is 0 Å². The Balaban J connectivity index is 2.53. The lowest BCUT2D eigenvalue weighted by Gasteiger charge is -2.23. The second kappa shape index (κ2) is 7.59. The first-order valence-corrected chi connectivity index (χ1v) is 8.84. The maximum Gasteiger partial charge on any atom is 0.226 e. The fraction of sp³-hybridized carbons (Fsp3) is 0.625. The van der Waals surface area contributed by atoms with Crippen LogP contribution < -0.4 is 10.2 Å². The molecule has 1 N–H and O–H groups in total. The van der Waals surface area contributed by atoms with Crippen LogP contribution in [0.25, 0.3) is 10.2 Å². The number of aromatic nitrogens is 2. The van der Waals surface area contributed by atoms with E-state index >= 15 is 0 Å². The van der Waals surface area contributed by atoms with E-state index in [1.807, 2.05) is 0 Å². The van der Waals surface area contributed by atoms with Crippen LogP contribution in [0.2, 0.25) is 0 Å². The molecular weight excluding hydrogens is 280 g/mol. The van der Waals surface area contributed by atoms with Gasteiger partial charge in [0.05, 0.1) is 5.39 Å². The summed E-state index contributed by atoms with van der Waals surface area (Å²) in [6.07, 6.45) is 3.32. The predicted octanol–water partition coefficient (Wildman–Crippen LogP) is 4.31. The van der Waals surface area contributed by atoms with Gasteiger partial charge in [-0.2, -0.15) is 4.98 Å². The van der Waals surface area contributed by atoms with Gasteiger partial charge in [0.15, 0.2) is 0 Å². The molecule has 0 aliphatic carbocycles. The number of thiophene rings is 1. The van der Waals surface area contributed by atoms with E-state index in [9.17, 15) is 0 Å². The smallest absolute Gasteiger partial charge is 0.226 e. The summed E-state index contributed by atoms with van der Waals surface area (Å²) < 4.78 is 0. The number of aryl methyl sites for hydroxylation is 1. The molecule has 21 heavy (non-hydrogen) atoms. The van der Waals surface area contributed by atoms with Gasteiger partial charge in [-0.1, -0.05) is 20.8 Å². The highest BCUT2D eigenvalue weighted by Gasteiger charge is 2.16. The monoisotopic (exact) mass is 306 g/mol. The highest BCUT2D eigenvalue weighted by molar-refractivity contribution is 7.18. The molecule has 2 aromatic heterocycles. The standard InChI is InChI=1S/C16H26N4S/c1-5-9-20(10-6-2)14-13-11-12(7-3)21-15(13)19-16(18-14)17-8-4/h11H,5-10H2,1-4H3,(H,17,18,19). The fourth-order valence-corrected chi connectivity index (χ4v) is 3.43. The Bertz CT molecular complexity index is 573. The Morgan fingerprint density at radius 1 is 1.10 bits per heavy atom. The third kappa shape index (κ3) is 3.64. The summed E-state index contributed by atoms with van der Waals surface area (Å²) in [6, 6.07) is 2.27. The lowest BCUT2D eigenvalue weighted by molar-refractivity contribution is 0.737. The average molecular weight is 306 g/mol. The minimum Gasteiger partial charge on any atom is -0.356 e. The Labute approximate surface area is 131 Å². The van der Waals surface area contributed by atoms with Crippen molar-refractivity contribution in [1.82, 2.24) is 9.97 Å². The second-order valence-electron chi connectivity index (χ2n) is 5.17. The number of hydrogen-bond donors (Lipinski definition) is 1. The van der Waals surface area contributed by atoms with E-state index in [-0.39, 0.29) is 0 Å². The normalized spacial score (nSPS) is 11.0. The molecule has 0 aliphatic rings. The largest absolute Gasteiger partial charge is 0.356 e. The van der Waals surface area contributed by atoms with Gasteiger partial charge in [-0.15, -0.1) is 11.3 Å². The van der Waals surface area contributed by atoms with Gasteiger partial charge in [-0.25, -0.2) is 4.98 Å². The molecule has 0 radical (unpaired) electrons. The lowest BCUT2D eigenvalue weighted by atomic mass is 10.2. The quantitative estimate of drug-likeness (QED) is 0.789. The molecule has 0 unspecified atom stereocenters.